The third-order valence-corrected chi connectivity index (χ3v) is 4.97. The standard InChI is InChI=1S/C12H16FNO3S/c1-12(5-2-6-12)14-18(16,17)10-3-4-11(13)9(7-10)8-15/h3-4,7,14-15H,2,5-6,8H2,1H3. The highest BCUT2D eigenvalue weighted by Gasteiger charge is 2.36. The molecule has 100 valence electrons. The molecule has 0 spiro atoms. The highest BCUT2D eigenvalue weighted by atomic mass is 32.2. The van der Waals surface area contributed by atoms with Gasteiger partial charge in [0.1, 0.15) is 5.82 Å². The van der Waals surface area contributed by atoms with Crippen LogP contribution in [0.15, 0.2) is 23.1 Å². The predicted molar refractivity (Wildman–Crippen MR) is 64.9 cm³/mol. The number of aliphatic hydroxyl groups is 1. The molecule has 0 amide bonds. The van der Waals surface area contributed by atoms with Crippen LogP contribution < -0.4 is 4.72 Å². The van der Waals surface area contributed by atoms with E-state index in [0.717, 1.165) is 25.3 Å². The summed E-state index contributed by atoms with van der Waals surface area (Å²) in [5.74, 6) is -0.605. The second-order valence-corrected chi connectivity index (χ2v) is 6.61. The third-order valence-electron chi connectivity index (χ3n) is 3.34. The molecule has 1 aliphatic carbocycles. The molecule has 2 N–H and O–H groups in total. The lowest BCUT2D eigenvalue weighted by Gasteiger charge is -2.38. The lowest BCUT2D eigenvalue weighted by molar-refractivity contribution is 0.248. The number of nitrogens with one attached hydrogen (secondary N) is 1. The Labute approximate surface area is 106 Å². The van der Waals surface area contributed by atoms with E-state index in [1.807, 2.05) is 6.92 Å². The third kappa shape index (κ3) is 2.55. The molecule has 0 radical (unpaired) electrons. The van der Waals surface area contributed by atoms with Gasteiger partial charge >= 0.3 is 0 Å². The molecule has 0 atom stereocenters. The molecule has 2 rings (SSSR count). The Morgan fingerprint density at radius 1 is 1.44 bits per heavy atom. The van der Waals surface area contributed by atoms with Crippen molar-refractivity contribution >= 4 is 10.0 Å². The molecule has 0 unspecified atom stereocenters. The van der Waals surface area contributed by atoms with Crippen LogP contribution in [-0.4, -0.2) is 19.1 Å². The van der Waals surface area contributed by atoms with Crippen molar-refractivity contribution in [2.24, 2.45) is 0 Å². The molecular weight excluding hydrogens is 257 g/mol. The topological polar surface area (TPSA) is 66.4 Å². The second kappa shape index (κ2) is 4.60. The van der Waals surface area contributed by atoms with Crippen LogP contribution >= 0.6 is 0 Å². The Bertz CT molecular complexity index is 552. The summed E-state index contributed by atoms with van der Waals surface area (Å²) in [5, 5.41) is 8.94. The first-order valence-electron chi connectivity index (χ1n) is 5.80. The number of hydrogen-bond donors (Lipinski definition) is 2. The first-order chi connectivity index (χ1) is 8.36. The summed E-state index contributed by atoms with van der Waals surface area (Å²) in [7, 11) is -3.66. The summed E-state index contributed by atoms with van der Waals surface area (Å²) in [6.45, 7) is 1.33. The van der Waals surface area contributed by atoms with Crippen molar-refractivity contribution in [3.05, 3.63) is 29.6 Å². The molecule has 1 aromatic carbocycles. The number of rotatable bonds is 4. The van der Waals surface area contributed by atoms with Gasteiger partial charge in [-0.15, -0.1) is 0 Å². The predicted octanol–water partition coefficient (Wildman–Crippen LogP) is 1.54. The molecule has 4 nitrogen and oxygen atoms in total. The smallest absolute Gasteiger partial charge is 0.241 e. The lowest BCUT2D eigenvalue weighted by atomic mass is 9.80. The van der Waals surface area contributed by atoms with Crippen molar-refractivity contribution in [1.29, 1.82) is 0 Å². The molecule has 1 aromatic rings. The fourth-order valence-electron chi connectivity index (χ4n) is 2.03. The maximum absolute atomic E-state index is 13.2. The van der Waals surface area contributed by atoms with Gasteiger partial charge in [0, 0.05) is 11.1 Å². The first-order valence-corrected chi connectivity index (χ1v) is 7.28. The van der Waals surface area contributed by atoms with Gasteiger partial charge in [-0.1, -0.05) is 0 Å². The minimum Gasteiger partial charge on any atom is -0.392 e. The summed E-state index contributed by atoms with van der Waals surface area (Å²) in [6.07, 6.45) is 2.62. The molecular formula is C12H16FNO3S. The Hall–Kier alpha value is -0.980. The molecule has 0 saturated heterocycles. The number of sulfonamides is 1. The zero-order valence-electron chi connectivity index (χ0n) is 10.1. The van der Waals surface area contributed by atoms with Gasteiger partial charge in [-0.3, -0.25) is 0 Å². The largest absolute Gasteiger partial charge is 0.392 e. The van der Waals surface area contributed by atoms with Crippen LogP contribution in [0.3, 0.4) is 0 Å². The average molecular weight is 273 g/mol. The van der Waals surface area contributed by atoms with Crippen LogP contribution in [-0.2, 0) is 16.6 Å². The normalized spacial score (nSPS) is 18.4. The van der Waals surface area contributed by atoms with E-state index in [1.165, 1.54) is 12.1 Å². The molecule has 0 aromatic heterocycles. The Balaban J connectivity index is 2.29. The molecule has 18 heavy (non-hydrogen) atoms. The van der Waals surface area contributed by atoms with Crippen LogP contribution in [0.5, 0.6) is 0 Å². The van der Waals surface area contributed by atoms with E-state index < -0.39 is 28.0 Å². The molecule has 0 aliphatic heterocycles. The lowest BCUT2D eigenvalue weighted by Crippen LogP contribution is -2.50. The Kier molecular flexibility index (Phi) is 3.44. The Morgan fingerprint density at radius 3 is 2.61 bits per heavy atom. The average Bonchev–Trinajstić information content (AvgIpc) is 2.26. The minimum absolute atomic E-state index is 0.0129. The molecule has 1 aliphatic rings. The number of hydrogen-bond acceptors (Lipinski definition) is 3. The van der Waals surface area contributed by atoms with Crippen molar-refractivity contribution in [1.82, 2.24) is 4.72 Å². The van der Waals surface area contributed by atoms with E-state index in [1.54, 1.807) is 0 Å². The van der Waals surface area contributed by atoms with Gasteiger partial charge in [0.25, 0.3) is 0 Å². The number of halogens is 1. The van der Waals surface area contributed by atoms with E-state index >= 15 is 0 Å². The molecule has 0 bridgehead atoms. The molecule has 6 heteroatoms. The van der Waals surface area contributed by atoms with Crippen molar-refractivity contribution in [3.63, 3.8) is 0 Å². The second-order valence-electron chi connectivity index (χ2n) is 4.93. The van der Waals surface area contributed by atoms with E-state index in [2.05, 4.69) is 4.72 Å². The van der Waals surface area contributed by atoms with Crippen molar-refractivity contribution in [2.75, 3.05) is 0 Å². The highest BCUT2D eigenvalue weighted by molar-refractivity contribution is 7.89. The van der Waals surface area contributed by atoms with Gasteiger partial charge in [-0.05, 0) is 44.4 Å². The zero-order chi connectivity index (χ0) is 13.4. The molecule has 1 saturated carbocycles. The summed E-state index contributed by atoms with van der Waals surface area (Å²) < 4.78 is 40.0. The van der Waals surface area contributed by atoms with Crippen LogP contribution in [0.1, 0.15) is 31.7 Å². The Morgan fingerprint density at radius 2 is 2.11 bits per heavy atom. The van der Waals surface area contributed by atoms with Gasteiger partial charge in [0.05, 0.1) is 11.5 Å². The van der Waals surface area contributed by atoms with Crippen molar-refractivity contribution in [3.8, 4) is 0 Å². The first kappa shape index (κ1) is 13.5. The van der Waals surface area contributed by atoms with Gasteiger partial charge in [-0.2, -0.15) is 0 Å². The van der Waals surface area contributed by atoms with Crippen LogP contribution in [0.2, 0.25) is 0 Å². The van der Waals surface area contributed by atoms with Crippen LogP contribution in [0, 0.1) is 5.82 Å². The van der Waals surface area contributed by atoms with Gasteiger partial charge in [-0.25, -0.2) is 17.5 Å². The van der Waals surface area contributed by atoms with E-state index in [4.69, 9.17) is 5.11 Å². The number of benzene rings is 1. The minimum atomic E-state index is -3.66. The number of aliphatic hydroxyl groups excluding tert-OH is 1. The molecule has 0 heterocycles. The monoisotopic (exact) mass is 273 g/mol. The van der Waals surface area contributed by atoms with Crippen molar-refractivity contribution in [2.45, 2.75) is 43.2 Å². The summed E-state index contributed by atoms with van der Waals surface area (Å²) in [5.41, 5.74) is -0.413. The van der Waals surface area contributed by atoms with Crippen LogP contribution in [0.25, 0.3) is 0 Å². The SMILES string of the molecule is CC1(NS(=O)(=O)c2ccc(F)c(CO)c2)CCC1. The fraction of sp³-hybridized carbons (Fsp3) is 0.500. The van der Waals surface area contributed by atoms with Gasteiger partial charge < -0.3 is 5.11 Å². The van der Waals surface area contributed by atoms with Crippen LogP contribution in [0.4, 0.5) is 4.39 Å². The van der Waals surface area contributed by atoms with E-state index in [0.29, 0.717) is 0 Å². The highest BCUT2D eigenvalue weighted by Crippen LogP contribution is 2.32. The van der Waals surface area contributed by atoms with Crippen molar-refractivity contribution < 1.29 is 17.9 Å². The quantitative estimate of drug-likeness (QED) is 0.874. The fourth-order valence-corrected chi connectivity index (χ4v) is 3.55. The summed E-state index contributed by atoms with van der Waals surface area (Å²) >= 11 is 0. The van der Waals surface area contributed by atoms with Gasteiger partial charge in [0.15, 0.2) is 0 Å². The maximum atomic E-state index is 13.2. The summed E-state index contributed by atoms with van der Waals surface area (Å²) in [6, 6.07) is 3.43. The zero-order valence-corrected chi connectivity index (χ0v) is 10.9. The molecule has 1 fully saturated rings. The van der Waals surface area contributed by atoms with E-state index in [9.17, 15) is 12.8 Å². The van der Waals surface area contributed by atoms with E-state index in [-0.39, 0.29) is 10.5 Å². The summed E-state index contributed by atoms with van der Waals surface area (Å²) in [4.78, 5) is -0.0129. The van der Waals surface area contributed by atoms with Gasteiger partial charge in [0.2, 0.25) is 10.0 Å². The maximum Gasteiger partial charge on any atom is 0.241 e.